The quantitative estimate of drug-likeness (QED) is 0.702. The zero-order valence-corrected chi connectivity index (χ0v) is 16.8. The summed E-state index contributed by atoms with van der Waals surface area (Å²) in [6.45, 7) is 4.47. The molecule has 0 saturated carbocycles. The zero-order valence-electron chi connectivity index (χ0n) is 16.8. The van der Waals surface area contributed by atoms with Gasteiger partial charge in [0.2, 0.25) is 5.91 Å². The predicted octanol–water partition coefficient (Wildman–Crippen LogP) is 2.95. The Labute approximate surface area is 174 Å². The van der Waals surface area contributed by atoms with Crippen LogP contribution in [0.3, 0.4) is 0 Å². The van der Waals surface area contributed by atoms with Gasteiger partial charge in [-0.2, -0.15) is 0 Å². The largest absolute Gasteiger partial charge is 0.353 e. The van der Waals surface area contributed by atoms with E-state index in [-0.39, 0.29) is 18.1 Å². The Bertz CT molecular complexity index is 1000. The Morgan fingerprint density at radius 3 is 2.50 bits per heavy atom. The maximum Gasteiger partial charge on any atom is 0.227 e. The molecule has 0 unspecified atom stereocenters. The number of rotatable bonds is 5. The second kappa shape index (κ2) is 8.86. The monoisotopic (exact) mass is 406 g/mol. The summed E-state index contributed by atoms with van der Waals surface area (Å²) in [4.78, 5) is 29.8. The van der Waals surface area contributed by atoms with Crippen molar-refractivity contribution < 1.29 is 9.18 Å². The van der Waals surface area contributed by atoms with E-state index >= 15 is 0 Å². The minimum atomic E-state index is -0.295. The molecule has 2 aromatic heterocycles. The summed E-state index contributed by atoms with van der Waals surface area (Å²) in [7, 11) is 0. The highest BCUT2D eigenvalue weighted by molar-refractivity contribution is 5.79. The number of nitrogens with one attached hydrogen (secondary N) is 1. The van der Waals surface area contributed by atoms with Gasteiger partial charge >= 0.3 is 0 Å². The molecule has 3 aromatic rings. The number of anilines is 3. The van der Waals surface area contributed by atoms with Crippen LogP contribution in [0.4, 0.5) is 21.8 Å². The summed E-state index contributed by atoms with van der Waals surface area (Å²) >= 11 is 0. The van der Waals surface area contributed by atoms with Crippen LogP contribution in [0.1, 0.15) is 11.4 Å². The van der Waals surface area contributed by atoms with E-state index in [0.717, 1.165) is 17.2 Å². The van der Waals surface area contributed by atoms with Crippen molar-refractivity contribution in [2.24, 2.45) is 0 Å². The lowest BCUT2D eigenvalue weighted by molar-refractivity contribution is -0.130. The van der Waals surface area contributed by atoms with Gasteiger partial charge in [-0.15, -0.1) is 0 Å². The Morgan fingerprint density at radius 2 is 1.80 bits per heavy atom. The predicted molar refractivity (Wildman–Crippen MR) is 113 cm³/mol. The zero-order chi connectivity index (χ0) is 20.9. The van der Waals surface area contributed by atoms with Gasteiger partial charge in [0.1, 0.15) is 29.1 Å². The molecule has 1 fully saturated rings. The van der Waals surface area contributed by atoms with Crippen molar-refractivity contribution in [2.45, 2.75) is 13.3 Å². The van der Waals surface area contributed by atoms with Gasteiger partial charge in [0.15, 0.2) is 0 Å². The van der Waals surface area contributed by atoms with Crippen LogP contribution in [-0.4, -0.2) is 51.9 Å². The highest BCUT2D eigenvalue weighted by Crippen LogP contribution is 2.20. The minimum absolute atomic E-state index is 0.0534. The van der Waals surface area contributed by atoms with Crippen molar-refractivity contribution in [3.8, 4) is 0 Å². The van der Waals surface area contributed by atoms with Gasteiger partial charge in [0.25, 0.3) is 0 Å². The van der Waals surface area contributed by atoms with Crippen LogP contribution in [0.5, 0.6) is 0 Å². The molecule has 8 heteroatoms. The third-order valence-corrected chi connectivity index (χ3v) is 4.97. The molecule has 1 aromatic carbocycles. The molecule has 0 bridgehead atoms. The third-order valence-electron chi connectivity index (χ3n) is 4.97. The number of hydrogen-bond donors (Lipinski definition) is 1. The Hall–Kier alpha value is -3.55. The van der Waals surface area contributed by atoms with Gasteiger partial charge in [0.05, 0.1) is 6.42 Å². The van der Waals surface area contributed by atoms with Crippen LogP contribution in [-0.2, 0) is 11.2 Å². The lowest BCUT2D eigenvalue weighted by Gasteiger charge is -2.35. The number of halogens is 1. The number of carbonyl (C=O) groups excluding carboxylic acids is 1. The molecule has 3 heterocycles. The van der Waals surface area contributed by atoms with Crippen LogP contribution >= 0.6 is 0 Å². The van der Waals surface area contributed by atoms with Gasteiger partial charge < -0.3 is 15.1 Å². The molecule has 4 rings (SSSR count). The van der Waals surface area contributed by atoms with E-state index < -0.39 is 0 Å². The van der Waals surface area contributed by atoms with E-state index in [1.807, 2.05) is 36.1 Å². The number of piperazine rings is 1. The van der Waals surface area contributed by atoms with Crippen molar-refractivity contribution in [3.05, 3.63) is 71.9 Å². The van der Waals surface area contributed by atoms with Crippen LogP contribution in [0.15, 0.2) is 54.7 Å². The van der Waals surface area contributed by atoms with Gasteiger partial charge in [-0.3, -0.25) is 4.79 Å². The van der Waals surface area contributed by atoms with Gasteiger partial charge in [-0.1, -0.05) is 18.2 Å². The van der Waals surface area contributed by atoms with Crippen LogP contribution in [0.25, 0.3) is 0 Å². The van der Waals surface area contributed by atoms with E-state index in [1.54, 1.807) is 18.3 Å². The molecule has 0 aliphatic carbocycles. The molecule has 7 nitrogen and oxygen atoms in total. The molecular weight excluding hydrogens is 383 g/mol. The van der Waals surface area contributed by atoms with E-state index in [4.69, 9.17) is 0 Å². The molecule has 1 aliphatic heterocycles. The first-order valence-corrected chi connectivity index (χ1v) is 9.88. The summed E-state index contributed by atoms with van der Waals surface area (Å²) in [5.41, 5.74) is 0.820. The summed E-state index contributed by atoms with van der Waals surface area (Å²) in [6.07, 6.45) is 2.00. The maximum atomic E-state index is 13.0. The van der Waals surface area contributed by atoms with Crippen molar-refractivity contribution >= 4 is 23.4 Å². The van der Waals surface area contributed by atoms with Gasteiger partial charge in [-0.05, 0) is 36.8 Å². The fraction of sp³-hybridized carbons (Fsp3) is 0.273. The number of nitrogens with zero attached hydrogens (tertiary/aromatic N) is 5. The molecule has 1 amide bonds. The van der Waals surface area contributed by atoms with E-state index in [0.29, 0.717) is 37.8 Å². The molecule has 0 radical (unpaired) electrons. The molecular formula is C22H23FN6O. The summed E-state index contributed by atoms with van der Waals surface area (Å²) in [6, 6.07) is 13.6. The molecule has 1 saturated heterocycles. The minimum Gasteiger partial charge on any atom is -0.353 e. The summed E-state index contributed by atoms with van der Waals surface area (Å²) in [5, 5.41) is 3.20. The van der Waals surface area contributed by atoms with Crippen LogP contribution in [0.2, 0.25) is 0 Å². The fourth-order valence-electron chi connectivity index (χ4n) is 3.42. The van der Waals surface area contributed by atoms with Gasteiger partial charge in [-0.25, -0.2) is 19.3 Å². The second-order valence-electron chi connectivity index (χ2n) is 7.17. The molecule has 1 N–H and O–H groups in total. The average molecular weight is 406 g/mol. The molecule has 0 spiro atoms. The highest BCUT2D eigenvalue weighted by Gasteiger charge is 2.22. The number of amides is 1. The number of hydrogen-bond acceptors (Lipinski definition) is 6. The Kier molecular flexibility index (Phi) is 5.83. The average Bonchev–Trinajstić information content (AvgIpc) is 2.76. The van der Waals surface area contributed by atoms with Crippen LogP contribution in [0, 0.1) is 12.7 Å². The first-order valence-electron chi connectivity index (χ1n) is 9.88. The lowest BCUT2D eigenvalue weighted by atomic mass is 10.1. The molecule has 1 aliphatic rings. The lowest BCUT2D eigenvalue weighted by Crippen LogP contribution is -2.49. The van der Waals surface area contributed by atoms with Crippen LogP contribution < -0.4 is 10.2 Å². The number of aryl methyl sites for hydroxylation is 1. The topological polar surface area (TPSA) is 74.2 Å². The van der Waals surface area contributed by atoms with Crippen molar-refractivity contribution in [1.82, 2.24) is 19.9 Å². The van der Waals surface area contributed by atoms with Crippen molar-refractivity contribution in [3.63, 3.8) is 0 Å². The van der Waals surface area contributed by atoms with E-state index in [1.165, 1.54) is 12.1 Å². The Morgan fingerprint density at radius 1 is 1.03 bits per heavy atom. The first kappa shape index (κ1) is 19.8. The molecule has 0 atom stereocenters. The van der Waals surface area contributed by atoms with Gasteiger partial charge in [0, 0.05) is 38.4 Å². The molecule has 154 valence electrons. The number of pyridine rings is 1. The number of carbonyl (C=O) groups is 1. The van der Waals surface area contributed by atoms with E-state index in [9.17, 15) is 9.18 Å². The van der Waals surface area contributed by atoms with Crippen molar-refractivity contribution in [2.75, 3.05) is 36.4 Å². The maximum absolute atomic E-state index is 13.0. The normalized spacial score (nSPS) is 13.9. The first-order chi connectivity index (χ1) is 14.6. The fourth-order valence-corrected chi connectivity index (χ4v) is 3.42. The van der Waals surface area contributed by atoms with E-state index in [2.05, 4.69) is 25.2 Å². The SMILES string of the molecule is Cc1nc(Nc2ccccn2)cc(N2CCN(C(=O)Cc3ccc(F)cc3)CC2)n1. The highest BCUT2D eigenvalue weighted by atomic mass is 19.1. The summed E-state index contributed by atoms with van der Waals surface area (Å²) in [5.74, 6) is 2.66. The third kappa shape index (κ3) is 4.89. The number of aromatic nitrogens is 3. The molecule has 30 heavy (non-hydrogen) atoms. The Balaban J connectivity index is 1.37. The standard InChI is InChI=1S/C22H23FN6O/c1-16-25-20(27-19-4-2-3-9-24-19)15-21(26-16)28-10-12-29(13-11-28)22(30)14-17-5-7-18(23)8-6-17/h2-9,15H,10-14H2,1H3,(H,24,25,26,27). The summed E-state index contributed by atoms with van der Waals surface area (Å²) < 4.78 is 13.0. The smallest absolute Gasteiger partial charge is 0.227 e. The van der Waals surface area contributed by atoms with Crippen molar-refractivity contribution in [1.29, 1.82) is 0 Å². The number of benzene rings is 1. The second-order valence-corrected chi connectivity index (χ2v) is 7.17.